The SMILES string of the molecule is CCS(=O)(=O)C1=NN2C(=N)/C(=C/c3ccc(OC)cc3)C(=O)N=C2S1. The van der Waals surface area contributed by atoms with Crippen LogP contribution in [0.5, 0.6) is 5.75 Å². The van der Waals surface area contributed by atoms with Crippen molar-refractivity contribution in [1.82, 2.24) is 5.01 Å². The van der Waals surface area contributed by atoms with Gasteiger partial charge in [-0.05, 0) is 35.5 Å². The Hall–Kier alpha value is -2.46. The minimum Gasteiger partial charge on any atom is -0.497 e. The Morgan fingerprint density at radius 1 is 1.32 bits per heavy atom. The van der Waals surface area contributed by atoms with Gasteiger partial charge in [-0.25, -0.2) is 8.42 Å². The summed E-state index contributed by atoms with van der Waals surface area (Å²) in [5, 5.41) is 13.3. The molecule has 0 aliphatic carbocycles. The third kappa shape index (κ3) is 3.22. The van der Waals surface area contributed by atoms with Crippen molar-refractivity contribution < 1.29 is 17.9 Å². The van der Waals surface area contributed by atoms with E-state index in [1.807, 2.05) is 0 Å². The molecule has 1 aromatic carbocycles. The molecule has 0 radical (unpaired) electrons. The first-order valence-electron chi connectivity index (χ1n) is 7.22. The predicted molar refractivity (Wildman–Crippen MR) is 97.5 cm³/mol. The van der Waals surface area contributed by atoms with Crippen LogP contribution in [0.1, 0.15) is 12.5 Å². The van der Waals surface area contributed by atoms with Gasteiger partial charge in [0.2, 0.25) is 19.4 Å². The first-order chi connectivity index (χ1) is 11.9. The Morgan fingerprint density at radius 3 is 2.60 bits per heavy atom. The van der Waals surface area contributed by atoms with Crippen LogP contribution in [0.15, 0.2) is 39.9 Å². The zero-order chi connectivity index (χ0) is 18.2. The van der Waals surface area contributed by atoms with Crippen LogP contribution in [0, 0.1) is 5.41 Å². The highest BCUT2D eigenvalue weighted by Crippen LogP contribution is 2.30. The fourth-order valence-corrected chi connectivity index (χ4v) is 4.25. The predicted octanol–water partition coefficient (Wildman–Crippen LogP) is 1.71. The number of hydrogen-bond donors (Lipinski definition) is 1. The van der Waals surface area contributed by atoms with E-state index < -0.39 is 15.7 Å². The minimum absolute atomic E-state index is 0.0356. The zero-order valence-electron chi connectivity index (χ0n) is 13.4. The Bertz CT molecular complexity index is 946. The number of rotatable bonds is 3. The molecule has 0 bridgehead atoms. The molecule has 2 aliphatic rings. The van der Waals surface area contributed by atoms with Crippen LogP contribution >= 0.6 is 11.8 Å². The lowest BCUT2D eigenvalue weighted by atomic mass is 10.1. The van der Waals surface area contributed by atoms with E-state index >= 15 is 0 Å². The molecule has 0 saturated carbocycles. The van der Waals surface area contributed by atoms with E-state index in [9.17, 15) is 13.2 Å². The number of carbonyl (C=O) groups is 1. The minimum atomic E-state index is -3.53. The van der Waals surface area contributed by atoms with E-state index in [1.54, 1.807) is 31.4 Å². The number of nitrogens with one attached hydrogen (secondary N) is 1. The lowest BCUT2D eigenvalue weighted by Crippen LogP contribution is -2.35. The Kier molecular flexibility index (Phi) is 4.48. The number of sulfone groups is 1. The van der Waals surface area contributed by atoms with Gasteiger partial charge in [0.1, 0.15) is 5.75 Å². The fourth-order valence-electron chi connectivity index (χ4n) is 2.09. The van der Waals surface area contributed by atoms with E-state index in [0.717, 1.165) is 16.8 Å². The van der Waals surface area contributed by atoms with Gasteiger partial charge in [-0.2, -0.15) is 10.0 Å². The molecule has 1 N–H and O–H groups in total. The van der Waals surface area contributed by atoms with Crippen LogP contribution in [0.4, 0.5) is 0 Å². The summed E-state index contributed by atoms with van der Waals surface area (Å²) >= 11 is 0.779. The van der Waals surface area contributed by atoms with Crippen molar-refractivity contribution in [2.45, 2.75) is 6.92 Å². The second-order valence-electron chi connectivity index (χ2n) is 5.06. The standard InChI is InChI=1S/C15H14N4O4S2/c1-3-25(21,22)15-18-19-12(16)11(13(20)17-14(19)24-15)8-9-4-6-10(23-2)7-5-9/h4-8,16H,3H2,1-2H3/b11-8-,16-12?. The van der Waals surface area contributed by atoms with Gasteiger partial charge in [-0.3, -0.25) is 10.2 Å². The number of thioether (sulfide) groups is 1. The highest BCUT2D eigenvalue weighted by Gasteiger charge is 2.39. The molecule has 130 valence electrons. The summed E-state index contributed by atoms with van der Waals surface area (Å²) in [6.07, 6.45) is 1.51. The number of nitrogens with zero attached hydrogens (tertiary/aromatic N) is 3. The van der Waals surface area contributed by atoms with Crippen molar-refractivity contribution in [3.05, 3.63) is 35.4 Å². The third-order valence-electron chi connectivity index (χ3n) is 3.51. The van der Waals surface area contributed by atoms with Crippen LogP contribution in [0.25, 0.3) is 6.08 Å². The number of amidine groups is 2. The van der Waals surface area contributed by atoms with E-state index in [1.165, 1.54) is 13.0 Å². The van der Waals surface area contributed by atoms with Gasteiger partial charge in [-0.1, -0.05) is 19.1 Å². The Labute approximate surface area is 148 Å². The van der Waals surface area contributed by atoms with E-state index in [2.05, 4.69) is 10.1 Å². The smallest absolute Gasteiger partial charge is 0.283 e. The van der Waals surface area contributed by atoms with Gasteiger partial charge in [0.05, 0.1) is 18.4 Å². The van der Waals surface area contributed by atoms with Crippen molar-refractivity contribution >= 4 is 49.0 Å². The number of methoxy groups -OCH3 is 1. The number of carbonyl (C=O) groups excluding carboxylic acids is 1. The van der Waals surface area contributed by atoms with Gasteiger partial charge in [-0.15, -0.1) is 5.10 Å². The van der Waals surface area contributed by atoms with Gasteiger partial charge in [0, 0.05) is 0 Å². The summed E-state index contributed by atoms with van der Waals surface area (Å²) < 4.78 is 28.8. The summed E-state index contributed by atoms with van der Waals surface area (Å²) in [7, 11) is -1.98. The molecule has 25 heavy (non-hydrogen) atoms. The molecule has 2 aliphatic heterocycles. The first-order valence-corrected chi connectivity index (χ1v) is 9.69. The molecular weight excluding hydrogens is 364 g/mol. The first kappa shape index (κ1) is 17.4. The quantitative estimate of drug-likeness (QED) is 0.801. The lowest BCUT2D eigenvalue weighted by molar-refractivity contribution is -0.114. The number of amides is 1. The molecule has 3 rings (SSSR count). The van der Waals surface area contributed by atoms with Gasteiger partial charge in [0.15, 0.2) is 5.84 Å². The maximum atomic E-state index is 12.2. The molecule has 1 amide bonds. The maximum absolute atomic E-state index is 12.2. The van der Waals surface area contributed by atoms with Crippen molar-refractivity contribution in [3.8, 4) is 5.75 Å². The summed E-state index contributed by atoms with van der Waals surface area (Å²) in [6.45, 7) is 1.50. The molecule has 0 spiro atoms. The fraction of sp³-hybridized carbons (Fsp3) is 0.200. The summed E-state index contributed by atoms with van der Waals surface area (Å²) in [6, 6.07) is 6.93. The second-order valence-corrected chi connectivity index (χ2v) is 8.47. The molecular formula is C15H14N4O4S2. The Balaban J connectivity index is 1.96. The summed E-state index contributed by atoms with van der Waals surface area (Å²) in [5.41, 5.74) is 0.721. The highest BCUT2D eigenvalue weighted by atomic mass is 32.3. The molecule has 0 aromatic heterocycles. The Morgan fingerprint density at radius 2 is 2.00 bits per heavy atom. The van der Waals surface area contributed by atoms with Gasteiger partial charge in [0.25, 0.3) is 5.91 Å². The number of hydrogen-bond acceptors (Lipinski definition) is 7. The maximum Gasteiger partial charge on any atom is 0.283 e. The molecule has 0 fully saturated rings. The van der Waals surface area contributed by atoms with Crippen molar-refractivity contribution in [3.63, 3.8) is 0 Å². The summed E-state index contributed by atoms with van der Waals surface area (Å²) in [5.74, 6) is -0.262. The molecule has 1 aromatic rings. The molecule has 0 saturated heterocycles. The third-order valence-corrected chi connectivity index (χ3v) is 6.60. The molecule has 0 atom stereocenters. The topological polar surface area (TPSA) is 112 Å². The van der Waals surface area contributed by atoms with Gasteiger partial charge >= 0.3 is 0 Å². The molecule has 8 nitrogen and oxygen atoms in total. The number of aliphatic imine (C=N–C) groups is 1. The van der Waals surface area contributed by atoms with E-state index in [0.29, 0.717) is 11.3 Å². The van der Waals surface area contributed by atoms with Crippen molar-refractivity contribution in [1.29, 1.82) is 5.41 Å². The van der Waals surface area contributed by atoms with Crippen LogP contribution in [0.3, 0.4) is 0 Å². The number of benzene rings is 1. The van der Waals surface area contributed by atoms with Crippen LogP contribution in [0.2, 0.25) is 0 Å². The summed E-state index contributed by atoms with van der Waals surface area (Å²) in [4.78, 5) is 16.1. The van der Waals surface area contributed by atoms with Crippen LogP contribution < -0.4 is 4.74 Å². The number of ether oxygens (including phenoxy) is 1. The van der Waals surface area contributed by atoms with Gasteiger partial charge < -0.3 is 4.74 Å². The average molecular weight is 378 g/mol. The van der Waals surface area contributed by atoms with Crippen LogP contribution in [-0.4, -0.2) is 47.6 Å². The highest BCUT2D eigenvalue weighted by molar-refractivity contribution is 8.42. The molecule has 10 heteroatoms. The van der Waals surface area contributed by atoms with E-state index in [4.69, 9.17) is 10.1 Å². The largest absolute Gasteiger partial charge is 0.497 e. The lowest BCUT2D eigenvalue weighted by Gasteiger charge is -2.20. The molecule has 2 heterocycles. The average Bonchev–Trinajstić information content (AvgIpc) is 3.04. The van der Waals surface area contributed by atoms with Crippen LogP contribution in [-0.2, 0) is 14.6 Å². The number of fused-ring (bicyclic) bond motifs is 1. The zero-order valence-corrected chi connectivity index (χ0v) is 15.0. The van der Waals surface area contributed by atoms with Crippen molar-refractivity contribution in [2.24, 2.45) is 10.1 Å². The molecule has 0 unspecified atom stereocenters. The normalized spacial score (nSPS) is 19.0. The monoisotopic (exact) mass is 378 g/mol. The second kappa shape index (κ2) is 6.45. The number of hydrazone groups is 1. The van der Waals surface area contributed by atoms with E-state index in [-0.39, 0.29) is 26.7 Å². The van der Waals surface area contributed by atoms with Crippen molar-refractivity contribution in [2.75, 3.05) is 12.9 Å².